The topological polar surface area (TPSA) is 54.0 Å². The molecule has 0 unspecified atom stereocenters. The molecule has 0 spiro atoms. The van der Waals surface area contributed by atoms with E-state index in [0.29, 0.717) is 12.1 Å². The molecule has 0 saturated heterocycles. The number of amides is 1. The second-order valence-electron chi connectivity index (χ2n) is 5.77. The van der Waals surface area contributed by atoms with E-state index in [1.165, 1.54) is 5.56 Å². The third-order valence-electron chi connectivity index (χ3n) is 3.67. The van der Waals surface area contributed by atoms with Gasteiger partial charge in [-0.25, -0.2) is 0 Å². The summed E-state index contributed by atoms with van der Waals surface area (Å²) in [6.07, 6.45) is 3.26. The van der Waals surface area contributed by atoms with Crippen molar-refractivity contribution in [2.75, 3.05) is 5.32 Å². The van der Waals surface area contributed by atoms with Crippen molar-refractivity contribution in [2.24, 2.45) is 0 Å². The SMILES string of the molecule is Cc1cccc(CNC(=O)c2cncc(Nc3ccc(Br)cc3)c2)c1. The molecule has 0 aliphatic rings. The van der Waals surface area contributed by atoms with Crippen LogP contribution in [0.1, 0.15) is 21.5 Å². The van der Waals surface area contributed by atoms with Crippen LogP contribution in [0.25, 0.3) is 0 Å². The zero-order valence-electron chi connectivity index (χ0n) is 13.8. The molecule has 1 amide bonds. The van der Waals surface area contributed by atoms with E-state index in [4.69, 9.17) is 0 Å². The summed E-state index contributed by atoms with van der Waals surface area (Å²) in [4.78, 5) is 16.5. The number of aromatic nitrogens is 1. The van der Waals surface area contributed by atoms with Gasteiger partial charge in [-0.1, -0.05) is 45.8 Å². The van der Waals surface area contributed by atoms with E-state index in [-0.39, 0.29) is 5.91 Å². The van der Waals surface area contributed by atoms with Crippen molar-refractivity contribution in [2.45, 2.75) is 13.5 Å². The Kier molecular flexibility index (Phi) is 5.46. The van der Waals surface area contributed by atoms with Gasteiger partial charge in [0.2, 0.25) is 0 Å². The van der Waals surface area contributed by atoms with Crippen LogP contribution >= 0.6 is 15.9 Å². The van der Waals surface area contributed by atoms with E-state index < -0.39 is 0 Å². The predicted octanol–water partition coefficient (Wildman–Crippen LogP) is 4.83. The largest absolute Gasteiger partial charge is 0.354 e. The number of halogens is 1. The molecule has 4 nitrogen and oxygen atoms in total. The van der Waals surface area contributed by atoms with E-state index in [2.05, 4.69) is 37.6 Å². The molecule has 126 valence electrons. The summed E-state index contributed by atoms with van der Waals surface area (Å²) in [5.41, 5.74) is 4.47. The van der Waals surface area contributed by atoms with Gasteiger partial charge >= 0.3 is 0 Å². The molecule has 0 atom stereocenters. The highest BCUT2D eigenvalue weighted by atomic mass is 79.9. The van der Waals surface area contributed by atoms with Crippen molar-refractivity contribution in [1.82, 2.24) is 10.3 Å². The first-order valence-electron chi connectivity index (χ1n) is 7.91. The highest BCUT2D eigenvalue weighted by Gasteiger charge is 2.07. The second-order valence-corrected chi connectivity index (χ2v) is 6.68. The van der Waals surface area contributed by atoms with Crippen LogP contribution in [0.2, 0.25) is 0 Å². The molecule has 0 aliphatic carbocycles. The Morgan fingerprint density at radius 1 is 1.04 bits per heavy atom. The second kappa shape index (κ2) is 7.94. The van der Waals surface area contributed by atoms with Gasteiger partial charge in [0.15, 0.2) is 0 Å². The predicted molar refractivity (Wildman–Crippen MR) is 104 cm³/mol. The van der Waals surface area contributed by atoms with Gasteiger partial charge in [0.25, 0.3) is 5.91 Å². The number of hydrogen-bond acceptors (Lipinski definition) is 3. The molecule has 0 bridgehead atoms. The number of carbonyl (C=O) groups excluding carboxylic acids is 1. The van der Waals surface area contributed by atoms with Crippen molar-refractivity contribution in [1.29, 1.82) is 0 Å². The molecule has 1 aromatic heterocycles. The fourth-order valence-electron chi connectivity index (χ4n) is 2.44. The lowest BCUT2D eigenvalue weighted by molar-refractivity contribution is 0.0950. The lowest BCUT2D eigenvalue weighted by Crippen LogP contribution is -2.23. The van der Waals surface area contributed by atoms with E-state index >= 15 is 0 Å². The number of carbonyl (C=O) groups is 1. The van der Waals surface area contributed by atoms with Crippen molar-refractivity contribution in [3.63, 3.8) is 0 Å². The highest BCUT2D eigenvalue weighted by molar-refractivity contribution is 9.10. The number of pyridine rings is 1. The summed E-state index contributed by atoms with van der Waals surface area (Å²) >= 11 is 3.41. The molecule has 2 N–H and O–H groups in total. The molecule has 0 fully saturated rings. The fraction of sp³-hybridized carbons (Fsp3) is 0.100. The lowest BCUT2D eigenvalue weighted by Gasteiger charge is -2.09. The van der Waals surface area contributed by atoms with Crippen molar-refractivity contribution >= 4 is 33.2 Å². The Hall–Kier alpha value is -2.66. The number of nitrogens with one attached hydrogen (secondary N) is 2. The molecule has 0 saturated carbocycles. The summed E-state index contributed by atoms with van der Waals surface area (Å²) < 4.78 is 1.01. The Balaban J connectivity index is 1.65. The lowest BCUT2D eigenvalue weighted by atomic mass is 10.1. The summed E-state index contributed by atoms with van der Waals surface area (Å²) in [5, 5.41) is 6.17. The number of hydrogen-bond donors (Lipinski definition) is 2. The Morgan fingerprint density at radius 2 is 1.84 bits per heavy atom. The van der Waals surface area contributed by atoms with Crippen LogP contribution in [0.15, 0.2) is 71.5 Å². The molecular weight excluding hydrogens is 378 g/mol. The molecule has 2 aromatic carbocycles. The molecule has 25 heavy (non-hydrogen) atoms. The minimum atomic E-state index is -0.145. The van der Waals surface area contributed by atoms with Gasteiger partial charge in [-0.05, 0) is 42.8 Å². The van der Waals surface area contributed by atoms with E-state index in [1.54, 1.807) is 18.5 Å². The first-order valence-corrected chi connectivity index (χ1v) is 8.71. The van der Waals surface area contributed by atoms with Gasteiger partial charge in [0.05, 0.1) is 17.4 Å². The molecule has 0 aliphatic heterocycles. The third-order valence-corrected chi connectivity index (χ3v) is 4.20. The summed E-state index contributed by atoms with van der Waals surface area (Å²) in [6.45, 7) is 2.53. The third kappa shape index (κ3) is 4.90. The first kappa shape index (κ1) is 17.2. The number of benzene rings is 2. The van der Waals surface area contributed by atoms with Crippen molar-refractivity contribution in [3.05, 3.63) is 88.2 Å². The maximum atomic E-state index is 12.4. The van der Waals surface area contributed by atoms with Crippen LogP contribution in [0.3, 0.4) is 0 Å². The zero-order chi connectivity index (χ0) is 17.6. The van der Waals surface area contributed by atoms with Gasteiger partial charge in [0.1, 0.15) is 0 Å². The Labute approximate surface area is 155 Å². The van der Waals surface area contributed by atoms with Crippen LogP contribution in [-0.4, -0.2) is 10.9 Å². The van der Waals surface area contributed by atoms with Crippen LogP contribution < -0.4 is 10.6 Å². The Bertz CT molecular complexity index is 878. The minimum absolute atomic E-state index is 0.145. The fourth-order valence-corrected chi connectivity index (χ4v) is 2.70. The molecule has 0 radical (unpaired) electrons. The number of nitrogens with zero attached hydrogens (tertiary/aromatic N) is 1. The van der Waals surface area contributed by atoms with Gasteiger partial charge < -0.3 is 10.6 Å². The number of aryl methyl sites for hydroxylation is 1. The minimum Gasteiger partial charge on any atom is -0.354 e. The van der Waals surface area contributed by atoms with Gasteiger partial charge in [0, 0.05) is 22.9 Å². The first-order chi connectivity index (χ1) is 12.1. The quantitative estimate of drug-likeness (QED) is 0.650. The Morgan fingerprint density at radius 3 is 2.60 bits per heavy atom. The molecule has 3 rings (SSSR count). The average molecular weight is 396 g/mol. The maximum Gasteiger partial charge on any atom is 0.253 e. The molecule has 1 heterocycles. The summed E-state index contributed by atoms with van der Waals surface area (Å²) in [6, 6.07) is 17.7. The number of rotatable bonds is 5. The zero-order valence-corrected chi connectivity index (χ0v) is 15.4. The van der Waals surface area contributed by atoms with Crippen LogP contribution in [-0.2, 0) is 6.54 Å². The average Bonchev–Trinajstić information content (AvgIpc) is 2.62. The molecule has 3 aromatic rings. The molecule has 5 heteroatoms. The smallest absolute Gasteiger partial charge is 0.253 e. The monoisotopic (exact) mass is 395 g/mol. The van der Waals surface area contributed by atoms with Crippen molar-refractivity contribution in [3.8, 4) is 0 Å². The van der Waals surface area contributed by atoms with Gasteiger partial charge in [-0.3, -0.25) is 9.78 Å². The van der Waals surface area contributed by atoms with E-state index in [9.17, 15) is 4.79 Å². The van der Waals surface area contributed by atoms with Crippen LogP contribution in [0.4, 0.5) is 11.4 Å². The highest BCUT2D eigenvalue weighted by Crippen LogP contribution is 2.19. The normalized spacial score (nSPS) is 10.3. The maximum absolute atomic E-state index is 12.4. The number of anilines is 2. The van der Waals surface area contributed by atoms with E-state index in [1.807, 2.05) is 49.4 Å². The van der Waals surface area contributed by atoms with Crippen molar-refractivity contribution < 1.29 is 4.79 Å². The van der Waals surface area contributed by atoms with Crippen LogP contribution in [0, 0.1) is 6.92 Å². The van der Waals surface area contributed by atoms with Gasteiger partial charge in [-0.2, -0.15) is 0 Å². The van der Waals surface area contributed by atoms with Crippen LogP contribution in [0.5, 0.6) is 0 Å². The van der Waals surface area contributed by atoms with Gasteiger partial charge in [-0.15, -0.1) is 0 Å². The summed E-state index contributed by atoms with van der Waals surface area (Å²) in [5.74, 6) is -0.145. The standard InChI is InChI=1S/C20H18BrN3O/c1-14-3-2-4-15(9-14)11-23-20(25)16-10-19(13-22-12-16)24-18-7-5-17(21)6-8-18/h2-10,12-13,24H,11H2,1H3,(H,23,25). The molecular formula is C20H18BrN3O. The summed E-state index contributed by atoms with van der Waals surface area (Å²) in [7, 11) is 0. The van der Waals surface area contributed by atoms with E-state index in [0.717, 1.165) is 21.4 Å².